The monoisotopic (exact) mass is 200 g/mol. The number of ether oxygens (including phenoxy) is 1. The molecule has 76 valence electrons. The van der Waals surface area contributed by atoms with Crippen molar-refractivity contribution in [1.29, 1.82) is 0 Å². The van der Waals surface area contributed by atoms with Gasteiger partial charge in [-0.05, 0) is 35.4 Å². The zero-order valence-corrected chi connectivity index (χ0v) is 8.78. The fraction of sp³-hybridized carbons (Fsp3) is 0.154. The molecule has 2 rings (SSSR count). The molecule has 0 bridgehead atoms. The van der Waals surface area contributed by atoms with Crippen LogP contribution in [0, 0.1) is 6.92 Å². The highest BCUT2D eigenvalue weighted by atomic mass is 16.5. The molecule has 0 N–H and O–H groups in total. The number of hydrogen-bond donors (Lipinski definition) is 0. The molecule has 0 amide bonds. The van der Waals surface area contributed by atoms with Gasteiger partial charge in [0.05, 0.1) is 0 Å². The topological polar surface area (TPSA) is 26.3 Å². The molecule has 0 aromatic heterocycles. The summed E-state index contributed by atoms with van der Waals surface area (Å²) in [5, 5.41) is 2.28. The number of rotatable bonds is 1. The van der Waals surface area contributed by atoms with E-state index < -0.39 is 0 Å². The van der Waals surface area contributed by atoms with E-state index in [1.165, 1.54) is 17.9 Å². The van der Waals surface area contributed by atoms with Crippen LogP contribution in [0.2, 0.25) is 0 Å². The molecular formula is C13H12O2. The van der Waals surface area contributed by atoms with Crippen molar-refractivity contribution in [3.63, 3.8) is 0 Å². The summed E-state index contributed by atoms with van der Waals surface area (Å²) >= 11 is 0. The molecule has 2 aromatic carbocycles. The first-order chi connectivity index (χ1) is 7.16. The molecule has 0 unspecified atom stereocenters. The lowest BCUT2D eigenvalue weighted by Crippen LogP contribution is -2.00. The molecule has 0 saturated carbocycles. The van der Waals surface area contributed by atoms with E-state index in [9.17, 15) is 4.79 Å². The molecule has 0 atom stereocenters. The number of esters is 1. The molecule has 0 aliphatic heterocycles. The molecule has 2 aromatic rings. The summed E-state index contributed by atoms with van der Waals surface area (Å²) in [5.74, 6) is 0.308. The van der Waals surface area contributed by atoms with Crippen molar-refractivity contribution in [1.82, 2.24) is 0 Å². The van der Waals surface area contributed by atoms with E-state index in [0.717, 1.165) is 5.39 Å². The van der Waals surface area contributed by atoms with Crippen molar-refractivity contribution in [2.24, 2.45) is 0 Å². The van der Waals surface area contributed by atoms with Crippen LogP contribution in [0.5, 0.6) is 5.75 Å². The predicted molar refractivity (Wildman–Crippen MR) is 60.0 cm³/mol. The predicted octanol–water partition coefficient (Wildman–Crippen LogP) is 3.07. The third-order valence-corrected chi connectivity index (χ3v) is 2.33. The van der Waals surface area contributed by atoms with E-state index in [1.54, 1.807) is 0 Å². The third kappa shape index (κ3) is 1.99. The van der Waals surface area contributed by atoms with E-state index in [4.69, 9.17) is 4.74 Å². The van der Waals surface area contributed by atoms with Gasteiger partial charge in [0, 0.05) is 6.92 Å². The first-order valence-corrected chi connectivity index (χ1v) is 4.84. The average molecular weight is 200 g/mol. The Morgan fingerprint density at radius 1 is 1.20 bits per heavy atom. The number of hydrogen-bond acceptors (Lipinski definition) is 2. The van der Waals surface area contributed by atoms with E-state index >= 15 is 0 Å². The molecule has 0 spiro atoms. The highest BCUT2D eigenvalue weighted by Crippen LogP contribution is 2.23. The minimum atomic E-state index is -0.290. The molecular weight excluding hydrogens is 188 g/mol. The van der Waals surface area contributed by atoms with E-state index in [-0.39, 0.29) is 5.97 Å². The SMILES string of the molecule is CC(=O)Oc1ccc2c(C)cccc2c1. The van der Waals surface area contributed by atoms with Crippen molar-refractivity contribution in [2.45, 2.75) is 13.8 Å². The summed E-state index contributed by atoms with van der Waals surface area (Å²) in [6, 6.07) is 11.7. The molecule has 0 radical (unpaired) electrons. The molecule has 0 aliphatic carbocycles. The van der Waals surface area contributed by atoms with Crippen molar-refractivity contribution in [3.8, 4) is 5.75 Å². The minimum absolute atomic E-state index is 0.290. The van der Waals surface area contributed by atoms with Crippen LogP contribution >= 0.6 is 0 Å². The van der Waals surface area contributed by atoms with Crippen molar-refractivity contribution in [2.75, 3.05) is 0 Å². The van der Waals surface area contributed by atoms with Gasteiger partial charge < -0.3 is 4.74 Å². The number of benzene rings is 2. The lowest BCUT2D eigenvalue weighted by atomic mass is 10.1. The van der Waals surface area contributed by atoms with Gasteiger partial charge in [0.1, 0.15) is 5.75 Å². The maximum Gasteiger partial charge on any atom is 0.308 e. The van der Waals surface area contributed by atoms with Gasteiger partial charge in [-0.3, -0.25) is 4.79 Å². The van der Waals surface area contributed by atoms with Gasteiger partial charge in [-0.15, -0.1) is 0 Å². The average Bonchev–Trinajstić information content (AvgIpc) is 2.17. The van der Waals surface area contributed by atoms with Crippen LogP contribution in [0.15, 0.2) is 36.4 Å². The number of aryl methyl sites for hydroxylation is 1. The summed E-state index contributed by atoms with van der Waals surface area (Å²) in [6.07, 6.45) is 0. The summed E-state index contributed by atoms with van der Waals surface area (Å²) in [4.78, 5) is 10.8. The first-order valence-electron chi connectivity index (χ1n) is 4.84. The zero-order valence-electron chi connectivity index (χ0n) is 8.78. The number of carbonyl (C=O) groups excluding carboxylic acids is 1. The van der Waals surface area contributed by atoms with Crippen LogP contribution in [-0.2, 0) is 4.79 Å². The molecule has 2 heteroatoms. The molecule has 0 saturated heterocycles. The Bertz CT molecular complexity index is 515. The van der Waals surface area contributed by atoms with Crippen molar-refractivity contribution < 1.29 is 9.53 Å². The molecule has 0 fully saturated rings. The second-order valence-corrected chi connectivity index (χ2v) is 3.55. The molecule has 0 aliphatic rings. The third-order valence-electron chi connectivity index (χ3n) is 2.33. The smallest absolute Gasteiger partial charge is 0.308 e. The zero-order chi connectivity index (χ0) is 10.8. The second kappa shape index (κ2) is 3.73. The lowest BCUT2D eigenvalue weighted by molar-refractivity contribution is -0.131. The lowest BCUT2D eigenvalue weighted by Gasteiger charge is -2.05. The van der Waals surface area contributed by atoms with E-state index in [0.29, 0.717) is 5.75 Å². The minimum Gasteiger partial charge on any atom is -0.427 e. The Balaban J connectivity index is 2.52. The van der Waals surface area contributed by atoms with Crippen LogP contribution in [0.4, 0.5) is 0 Å². The van der Waals surface area contributed by atoms with Crippen molar-refractivity contribution >= 4 is 16.7 Å². The molecule has 15 heavy (non-hydrogen) atoms. The second-order valence-electron chi connectivity index (χ2n) is 3.55. The Labute approximate surface area is 88.5 Å². The standard InChI is InChI=1S/C13H12O2/c1-9-4-3-5-11-8-12(15-10(2)14)6-7-13(9)11/h3-8H,1-2H3. The van der Waals surface area contributed by atoms with Crippen LogP contribution in [-0.4, -0.2) is 5.97 Å². The van der Waals surface area contributed by atoms with Gasteiger partial charge in [-0.25, -0.2) is 0 Å². The number of fused-ring (bicyclic) bond motifs is 1. The Kier molecular flexibility index (Phi) is 2.42. The van der Waals surface area contributed by atoms with Gasteiger partial charge in [-0.2, -0.15) is 0 Å². The highest BCUT2D eigenvalue weighted by molar-refractivity contribution is 5.87. The van der Waals surface area contributed by atoms with Gasteiger partial charge in [-0.1, -0.05) is 24.3 Å². The van der Waals surface area contributed by atoms with Crippen LogP contribution in [0.1, 0.15) is 12.5 Å². The Morgan fingerprint density at radius 3 is 2.73 bits per heavy atom. The fourth-order valence-electron chi connectivity index (χ4n) is 1.65. The Morgan fingerprint density at radius 2 is 2.00 bits per heavy atom. The molecule has 2 nitrogen and oxygen atoms in total. The molecule has 0 heterocycles. The number of carbonyl (C=O) groups is 1. The normalized spacial score (nSPS) is 10.3. The summed E-state index contributed by atoms with van der Waals surface area (Å²) in [6.45, 7) is 3.47. The van der Waals surface area contributed by atoms with Crippen LogP contribution < -0.4 is 4.74 Å². The van der Waals surface area contributed by atoms with Crippen LogP contribution in [0.3, 0.4) is 0 Å². The van der Waals surface area contributed by atoms with Crippen LogP contribution in [0.25, 0.3) is 10.8 Å². The summed E-state index contributed by atoms with van der Waals surface area (Å²) in [7, 11) is 0. The summed E-state index contributed by atoms with van der Waals surface area (Å²) in [5.41, 5.74) is 1.22. The maximum atomic E-state index is 10.8. The van der Waals surface area contributed by atoms with Gasteiger partial charge in [0.25, 0.3) is 0 Å². The highest BCUT2D eigenvalue weighted by Gasteiger charge is 2.01. The van der Waals surface area contributed by atoms with E-state index in [1.807, 2.05) is 30.3 Å². The largest absolute Gasteiger partial charge is 0.427 e. The van der Waals surface area contributed by atoms with E-state index in [2.05, 4.69) is 13.0 Å². The van der Waals surface area contributed by atoms with Gasteiger partial charge in [0.2, 0.25) is 0 Å². The maximum absolute atomic E-state index is 10.8. The quantitative estimate of drug-likeness (QED) is 0.522. The van der Waals surface area contributed by atoms with Gasteiger partial charge in [0.15, 0.2) is 0 Å². The van der Waals surface area contributed by atoms with Crippen molar-refractivity contribution in [3.05, 3.63) is 42.0 Å². The fourth-order valence-corrected chi connectivity index (χ4v) is 1.65. The summed E-state index contributed by atoms with van der Waals surface area (Å²) < 4.78 is 5.02. The Hall–Kier alpha value is -1.83. The first kappa shape index (κ1) is 9.71. The van der Waals surface area contributed by atoms with Gasteiger partial charge >= 0.3 is 5.97 Å².